The van der Waals surface area contributed by atoms with E-state index in [0.717, 1.165) is 49.0 Å². The number of halogens is 1. The molecule has 1 N–H and O–H groups in total. The summed E-state index contributed by atoms with van der Waals surface area (Å²) >= 11 is 7.77. The van der Waals surface area contributed by atoms with Crippen molar-refractivity contribution in [3.63, 3.8) is 0 Å². The summed E-state index contributed by atoms with van der Waals surface area (Å²) in [6, 6.07) is 22.0. The van der Waals surface area contributed by atoms with Crippen LogP contribution in [0.2, 0.25) is 5.02 Å². The molecular weight excluding hydrogens is 490 g/mol. The van der Waals surface area contributed by atoms with E-state index in [9.17, 15) is 4.79 Å². The molecule has 3 heterocycles. The lowest BCUT2D eigenvalue weighted by Gasteiger charge is -2.36. The van der Waals surface area contributed by atoms with E-state index < -0.39 is 0 Å². The van der Waals surface area contributed by atoms with Gasteiger partial charge in [-0.2, -0.15) is 4.98 Å². The summed E-state index contributed by atoms with van der Waals surface area (Å²) in [5, 5.41) is 6.23. The third-order valence-electron chi connectivity index (χ3n) is 6.86. The van der Waals surface area contributed by atoms with Crippen molar-refractivity contribution in [3.05, 3.63) is 93.3 Å². The molecule has 2 aromatic heterocycles. The average Bonchev–Trinajstić information content (AvgIpc) is 3.45. The lowest BCUT2D eigenvalue weighted by Crippen LogP contribution is -2.47. The molecule has 36 heavy (non-hydrogen) atoms. The maximum atomic E-state index is 13.4. The number of hydrogen-bond donors (Lipinski definition) is 1. The number of thiophene rings is 1. The minimum atomic E-state index is 0.104. The zero-order valence-corrected chi connectivity index (χ0v) is 21.3. The van der Waals surface area contributed by atoms with Gasteiger partial charge in [-0.1, -0.05) is 35.9 Å². The zero-order chi connectivity index (χ0) is 24.5. The lowest BCUT2D eigenvalue weighted by atomic mass is 9.85. The summed E-state index contributed by atoms with van der Waals surface area (Å²) < 4.78 is 0. The number of hydrogen-bond acceptors (Lipinski definition) is 7. The number of nitrogens with zero attached hydrogens (tertiary/aromatic N) is 4. The maximum Gasteiger partial charge on any atom is 0.227 e. The van der Waals surface area contributed by atoms with Crippen molar-refractivity contribution in [2.24, 2.45) is 0 Å². The minimum Gasteiger partial charge on any atom is -0.368 e. The summed E-state index contributed by atoms with van der Waals surface area (Å²) in [7, 11) is 0. The Morgan fingerprint density at radius 2 is 1.61 bits per heavy atom. The SMILES string of the molecule is O=C1CC(c2cccs2)Cc2nc(N3CCN(c4ccc(Cl)cc4)CC3)nc(Nc3ccccc3)c21. The Hall–Kier alpha value is -3.42. The first-order chi connectivity index (χ1) is 17.6. The maximum absolute atomic E-state index is 13.4. The smallest absolute Gasteiger partial charge is 0.227 e. The van der Waals surface area contributed by atoms with E-state index >= 15 is 0 Å². The van der Waals surface area contributed by atoms with Gasteiger partial charge in [0.25, 0.3) is 0 Å². The number of para-hydroxylation sites is 1. The fourth-order valence-corrected chi connectivity index (χ4v) is 5.95. The summed E-state index contributed by atoms with van der Waals surface area (Å²) in [5.74, 6) is 1.56. The van der Waals surface area contributed by atoms with Gasteiger partial charge >= 0.3 is 0 Å². The van der Waals surface area contributed by atoms with Gasteiger partial charge in [-0.05, 0) is 54.3 Å². The van der Waals surface area contributed by atoms with Crippen molar-refractivity contribution < 1.29 is 4.79 Å². The standard InChI is InChI=1S/C28H26ClN5OS/c29-20-8-10-22(11-9-20)33-12-14-34(15-13-33)28-31-23-17-19(25-7-4-16-36-25)18-24(35)26(23)27(32-28)30-21-5-2-1-3-6-21/h1-11,16,19H,12-15,17-18H2,(H,30,31,32). The number of piperazine rings is 1. The highest BCUT2D eigenvalue weighted by molar-refractivity contribution is 7.10. The molecular formula is C28H26ClN5OS. The van der Waals surface area contributed by atoms with Gasteiger partial charge in [-0.25, -0.2) is 4.98 Å². The molecule has 1 saturated heterocycles. The Labute approximate surface area is 219 Å². The van der Waals surface area contributed by atoms with E-state index in [0.29, 0.717) is 23.8 Å². The molecule has 6 rings (SSSR count). The number of nitrogens with one attached hydrogen (secondary N) is 1. The van der Waals surface area contributed by atoms with E-state index in [-0.39, 0.29) is 11.7 Å². The molecule has 2 aromatic carbocycles. The van der Waals surface area contributed by atoms with E-state index in [4.69, 9.17) is 21.6 Å². The van der Waals surface area contributed by atoms with Crippen molar-refractivity contribution in [3.8, 4) is 0 Å². The molecule has 8 heteroatoms. The minimum absolute atomic E-state index is 0.104. The predicted octanol–water partition coefficient (Wildman–Crippen LogP) is 6.17. The largest absolute Gasteiger partial charge is 0.368 e. The van der Waals surface area contributed by atoms with E-state index in [2.05, 4.69) is 38.7 Å². The number of rotatable bonds is 5. The van der Waals surface area contributed by atoms with Crippen LogP contribution >= 0.6 is 22.9 Å². The first kappa shape index (κ1) is 23.0. The van der Waals surface area contributed by atoms with Gasteiger partial charge < -0.3 is 15.1 Å². The molecule has 0 bridgehead atoms. The van der Waals surface area contributed by atoms with E-state index in [1.54, 1.807) is 11.3 Å². The monoisotopic (exact) mass is 515 g/mol. The van der Waals surface area contributed by atoms with Crippen LogP contribution < -0.4 is 15.1 Å². The van der Waals surface area contributed by atoms with Gasteiger partial charge in [0.1, 0.15) is 5.82 Å². The normalized spacial score (nSPS) is 17.7. The number of ketones is 1. The number of anilines is 4. The topological polar surface area (TPSA) is 61.4 Å². The molecule has 1 fully saturated rings. The molecule has 1 unspecified atom stereocenters. The molecule has 6 nitrogen and oxygen atoms in total. The lowest BCUT2D eigenvalue weighted by molar-refractivity contribution is 0.0964. The highest BCUT2D eigenvalue weighted by atomic mass is 35.5. The van der Waals surface area contributed by atoms with Crippen LogP contribution in [0.3, 0.4) is 0 Å². The number of carbonyl (C=O) groups excluding carboxylic acids is 1. The first-order valence-electron chi connectivity index (χ1n) is 12.2. The number of Topliss-reactive ketones (excluding diaryl/α,β-unsaturated/α-hetero) is 1. The average molecular weight is 516 g/mol. The molecule has 0 saturated carbocycles. The van der Waals surface area contributed by atoms with Gasteiger partial charge in [0.05, 0.1) is 11.3 Å². The number of benzene rings is 2. The van der Waals surface area contributed by atoms with Gasteiger partial charge in [-0.3, -0.25) is 4.79 Å². The molecule has 1 aliphatic carbocycles. The predicted molar refractivity (Wildman–Crippen MR) is 147 cm³/mol. The van der Waals surface area contributed by atoms with Crippen molar-refractivity contribution >= 4 is 51.9 Å². The Morgan fingerprint density at radius 3 is 2.33 bits per heavy atom. The molecule has 1 atom stereocenters. The van der Waals surface area contributed by atoms with E-state index in [1.165, 1.54) is 10.6 Å². The summed E-state index contributed by atoms with van der Waals surface area (Å²) in [6.45, 7) is 3.32. The van der Waals surface area contributed by atoms with E-state index in [1.807, 2.05) is 48.5 Å². The third kappa shape index (κ3) is 4.68. The van der Waals surface area contributed by atoms with Gasteiger partial charge in [0, 0.05) is 59.8 Å². The Kier molecular flexibility index (Phi) is 6.34. The molecule has 2 aliphatic rings. The third-order valence-corrected chi connectivity index (χ3v) is 8.15. The zero-order valence-electron chi connectivity index (χ0n) is 19.7. The van der Waals surface area contributed by atoms with Crippen molar-refractivity contribution in [1.29, 1.82) is 0 Å². The van der Waals surface area contributed by atoms with Gasteiger partial charge in [-0.15, -0.1) is 11.3 Å². The van der Waals surface area contributed by atoms with Crippen LogP contribution in [0.15, 0.2) is 72.1 Å². The number of aromatic nitrogens is 2. The molecule has 0 amide bonds. The van der Waals surface area contributed by atoms with Crippen LogP contribution in [-0.4, -0.2) is 41.9 Å². The highest BCUT2D eigenvalue weighted by Crippen LogP contribution is 2.38. The van der Waals surface area contributed by atoms with Crippen LogP contribution in [0.1, 0.15) is 33.3 Å². The van der Waals surface area contributed by atoms with Crippen LogP contribution in [0, 0.1) is 0 Å². The van der Waals surface area contributed by atoms with Crippen LogP contribution in [-0.2, 0) is 6.42 Å². The second-order valence-corrected chi connectivity index (χ2v) is 10.6. The number of carbonyl (C=O) groups is 1. The number of fused-ring (bicyclic) bond motifs is 1. The van der Waals surface area contributed by atoms with Gasteiger partial charge in [0.2, 0.25) is 5.95 Å². The van der Waals surface area contributed by atoms with Gasteiger partial charge in [0.15, 0.2) is 5.78 Å². The van der Waals surface area contributed by atoms with Crippen LogP contribution in [0.5, 0.6) is 0 Å². The highest BCUT2D eigenvalue weighted by Gasteiger charge is 2.33. The Balaban J connectivity index is 1.30. The molecule has 182 valence electrons. The van der Waals surface area contributed by atoms with Crippen molar-refractivity contribution in [2.45, 2.75) is 18.8 Å². The summed E-state index contributed by atoms with van der Waals surface area (Å²) in [4.78, 5) is 29.1. The Morgan fingerprint density at radius 1 is 0.861 bits per heavy atom. The molecule has 0 radical (unpaired) electrons. The fourth-order valence-electron chi connectivity index (χ4n) is 5.00. The second kappa shape index (κ2) is 9.91. The van der Waals surface area contributed by atoms with Crippen molar-refractivity contribution in [1.82, 2.24) is 9.97 Å². The van der Waals surface area contributed by atoms with Crippen LogP contribution in [0.4, 0.5) is 23.1 Å². The fraction of sp³-hybridized carbons (Fsp3) is 0.250. The summed E-state index contributed by atoms with van der Waals surface area (Å²) in [5.41, 5.74) is 3.55. The van der Waals surface area contributed by atoms with Crippen LogP contribution in [0.25, 0.3) is 0 Å². The first-order valence-corrected chi connectivity index (χ1v) is 13.4. The summed E-state index contributed by atoms with van der Waals surface area (Å²) in [6.07, 6.45) is 1.23. The Bertz CT molecular complexity index is 1350. The molecule has 0 spiro atoms. The second-order valence-electron chi connectivity index (χ2n) is 9.18. The van der Waals surface area contributed by atoms with Crippen molar-refractivity contribution in [2.75, 3.05) is 41.3 Å². The quantitative estimate of drug-likeness (QED) is 0.343. The molecule has 4 aromatic rings. The molecule has 1 aliphatic heterocycles.